The smallest absolute Gasteiger partial charge is 0.292 e. The van der Waals surface area contributed by atoms with Crippen molar-refractivity contribution in [2.45, 2.75) is 89.9 Å². The fraction of sp³-hybridized carbons (Fsp3) is 0.636. The van der Waals surface area contributed by atoms with Crippen LogP contribution in [0.4, 0.5) is 5.69 Å². The zero-order valence-corrected chi connectivity index (χ0v) is 26.5. The largest absolute Gasteiger partial charge is 0.439 e. The topological polar surface area (TPSA) is 128 Å². The van der Waals surface area contributed by atoms with E-state index >= 15 is 0 Å². The SMILES string of the molecule is CC(C)(C)OC[C@H](CN1CCOCC1)NC(=O)CC[C@H](NCc1cc(Oc2ccccc2)ncc1[N+](=O)[O-])C1CCCCC1. The third-order valence-electron chi connectivity index (χ3n) is 8.22. The number of morpholine rings is 1. The molecule has 2 heterocycles. The van der Waals surface area contributed by atoms with Crippen LogP contribution in [0.5, 0.6) is 11.6 Å². The Morgan fingerprint density at radius 2 is 1.89 bits per heavy atom. The maximum absolute atomic E-state index is 13.3. The number of carbonyl (C=O) groups is 1. The molecule has 0 radical (unpaired) electrons. The number of hydrogen-bond donors (Lipinski definition) is 2. The summed E-state index contributed by atoms with van der Waals surface area (Å²) in [7, 11) is 0. The number of aromatic nitrogens is 1. The van der Waals surface area contributed by atoms with Gasteiger partial charge in [-0.2, -0.15) is 0 Å². The molecule has 44 heavy (non-hydrogen) atoms. The molecule has 2 aromatic rings. The second kappa shape index (κ2) is 16.8. The highest BCUT2D eigenvalue weighted by Crippen LogP contribution is 2.30. The Labute approximate surface area is 261 Å². The van der Waals surface area contributed by atoms with Crippen LogP contribution < -0.4 is 15.4 Å². The van der Waals surface area contributed by atoms with Crippen molar-refractivity contribution in [3.63, 3.8) is 0 Å². The standard InChI is InChI=1S/C33H49N5O6/c1-33(2,3)43-24-27(23-37-16-18-42-19-17-37)36-31(39)15-14-29(25-10-6-4-7-11-25)34-21-26-20-32(35-22-30(26)38(40)41)44-28-12-8-5-9-13-28/h5,8-9,12-13,20,22,25,27,29,34H,4,6-7,10-11,14-19,21,23-24H2,1-3H3,(H,36,39)/t27-,29-/m0/s1. The monoisotopic (exact) mass is 611 g/mol. The van der Waals surface area contributed by atoms with E-state index in [1.165, 1.54) is 12.6 Å². The average molecular weight is 612 g/mol. The molecule has 0 bridgehead atoms. The Morgan fingerprint density at radius 1 is 1.16 bits per heavy atom. The van der Waals surface area contributed by atoms with E-state index < -0.39 is 4.92 Å². The molecular formula is C33H49N5O6. The minimum absolute atomic E-state index is 0.00295. The quantitative estimate of drug-likeness (QED) is 0.205. The van der Waals surface area contributed by atoms with Crippen molar-refractivity contribution >= 4 is 11.6 Å². The lowest BCUT2D eigenvalue weighted by Gasteiger charge is -2.33. The highest BCUT2D eigenvalue weighted by Gasteiger charge is 2.27. The second-order valence-electron chi connectivity index (χ2n) is 12.8. The van der Waals surface area contributed by atoms with Gasteiger partial charge in [0, 0.05) is 44.7 Å². The van der Waals surface area contributed by atoms with Gasteiger partial charge in [-0.3, -0.25) is 19.8 Å². The summed E-state index contributed by atoms with van der Waals surface area (Å²) in [5.74, 6) is 1.32. The molecule has 0 unspecified atom stereocenters. The van der Waals surface area contributed by atoms with Crippen molar-refractivity contribution in [3.05, 3.63) is 58.3 Å². The number of pyridine rings is 1. The number of ether oxygens (including phenoxy) is 3. The van der Waals surface area contributed by atoms with E-state index in [9.17, 15) is 14.9 Å². The van der Waals surface area contributed by atoms with Gasteiger partial charge in [-0.25, -0.2) is 4.98 Å². The molecule has 1 aromatic heterocycles. The molecule has 1 saturated heterocycles. The molecule has 11 heteroatoms. The molecule has 1 saturated carbocycles. The van der Waals surface area contributed by atoms with Gasteiger partial charge in [-0.05, 0) is 58.1 Å². The molecule has 1 aliphatic heterocycles. The molecular weight excluding hydrogens is 562 g/mol. The van der Waals surface area contributed by atoms with Crippen LogP contribution in [0.2, 0.25) is 0 Å². The molecule has 0 spiro atoms. The van der Waals surface area contributed by atoms with Crippen molar-refractivity contribution in [3.8, 4) is 11.6 Å². The van der Waals surface area contributed by atoms with Crippen LogP contribution in [0, 0.1) is 16.0 Å². The van der Waals surface area contributed by atoms with Crippen LogP contribution >= 0.6 is 0 Å². The summed E-state index contributed by atoms with van der Waals surface area (Å²) in [6, 6.07) is 10.8. The van der Waals surface area contributed by atoms with Crippen molar-refractivity contribution in [1.29, 1.82) is 0 Å². The van der Waals surface area contributed by atoms with Gasteiger partial charge in [0.05, 0.1) is 42.0 Å². The number of nitro groups is 1. The Balaban J connectivity index is 1.40. The summed E-state index contributed by atoms with van der Waals surface area (Å²) in [6.07, 6.45) is 7.97. The normalized spacial score (nSPS) is 18.0. The minimum Gasteiger partial charge on any atom is -0.439 e. The van der Waals surface area contributed by atoms with Gasteiger partial charge in [0.25, 0.3) is 5.69 Å². The fourth-order valence-corrected chi connectivity index (χ4v) is 5.89. The predicted molar refractivity (Wildman–Crippen MR) is 169 cm³/mol. The van der Waals surface area contributed by atoms with Crippen LogP contribution in [-0.2, 0) is 20.8 Å². The summed E-state index contributed by atoms with van der Waals surface area (Å²) in [4.78, 5) is 31.2. The first kappa shape index (κ1) is 33.8. The Hall–Kier alpha value is -3.12. The van der Waals surface area contributed by atoms with Crippen LogP contribution in [-0.4, -0.2) is 77.9 Å². The Bertz CT molecular complexity index is 1180. The highest BCUT2D eigenvalue weighted by atomic mass is 16.6. The zero-order chi connectivity index (χ0) is 31.4. The maximum atomic E-state index is 13.3. The molecule has 2 atom stereocenters. The van der Waals surface area contributed by atoms with Crippen molar-refractivity contribution in [2.24, 2.45) is 5.92 Å². The number of nitrogens with one attached hydrogen (secondary N) is 2. The zero-order valence-electron chi connectivity index (χ0n) is 26.5. The molecule has 2 N–H and O–H groups in total. The minimum atomic E-state index is -0.409. The van der Waals surface area contributed by atoms with E-state index in [-0.39, 0.29) is 35.8 Å². The van der Waals surface area contributed by atoms with Gasteiger partial charge >= 0.3 is 0 Å². The number of benzene rings is 1. The van der Waals surface area contributed by atoms with E-state index in [0.717, 1.165) is 38.8 Å². The molecule has 1 amide bonds. The molecule has 242 valence electrons. The first-order chi connectivity index (χ1) is 21.2. The summed E-state index contributed by atoms with van der Waals surface area (Å²) in [6.45, 7) is 10.6. The molecule has 2 fully saturated rings. The van der Waals surface area contributed by atoms with Gasteiger partial charge in [0.2, 0.25) is 11.8 Å². The highest BCUT2D eigenvalue weighted by molar-refractivity contribution is 5.76. The van der Waals surface area contributed by atoms with E-state index in [1.807, 2.05) is 51.1 Å². The molecule has 1 aromatic carbocycles. The molecule has 4 rings (SSSR count). The van der Waals surface area contributed by atoms with Crippen molar-refractivity contribution in [2.75, 3.05) is 39.5 Å². The Morgan fingerprint density at radius 3 is 2.57 bits per heavy atom. The maximum Gasteiger partial charge on any atom is 0.292 e. The van der Waals surface area contributed by atoms with Gasteiger partial charge < -0.3 is 24.8 Å². The first-order valence-corrected chi connectivity index (χ1v) is 16.0. The lowest BCUT2D eigenvalue weighted by Crippen LogP contribution is -2.50. The third kappa shape index (κ3) is 11.4. The summed E-state index contributed by atoms with van der Waals surface area (Å²) in [5.41, 5.74) is 0.153. The van der Waals surface area contributed by atoms with Crippen molar-refractivity contribution < 1.29 is 23.9 Å². The van der Waals surface area contributed by atoms with E-state index in [2.05, 4.69) is 20.5 Å². The predicted octanol–water partition coefficient (Wildman–Crippen LogP) is 5.23. The lowest BCUT2D eigenvalue weighted by atomic mass is 9.82. The van der Waals surface area contributed by atoms with Crippen LogP contribution in [0.1, 0.15) is 71.3 Å². The van der Waals surface area contributed by atoms with E-state index in [0.29, 0.717) is 62.3 Å². The number of rotatable bonds is 15. The molecule has 2 aliphatic rings. The molecule has 1 aliphatic carbocycles. The molecule has 11 nitrogen and oxygen atoms in total. The van der Waals surface area contributed by atoms with Gasteiger partial charge in [0.1, 0.15) is 11.9 Å². The lowest BCUT2D eigenvalue weighted by molar-refractivity contribution is -0.386. The Kier molecular flexibility index (Phi) is 12.9. The third-order valence-corrected chi connectivity index (χ3v) is 8.22. The van der Waals surface area contributed by atoms with Crippen LogP contribution in [0.25, 0.3) is 0 Å². The van der Waals surface area contributed by atoms with E-state index in [1.54, 1.807) is 6.07 Å². The van der Waals surface area contributed by atoms with Gasteiger partial charge in [-0.1, -0.05) is 37.5 Å². The number of hydrogen-bond acceptors (Lipinski definition) is 9. The number of para-hydroxylation sites is 1. The summed E-state index contributed by atoms with van der Waals surface area (Å²) < 4.78 is 17.4. The van der Waals surface area contributed by atoms with Crippen LogP contribution in [0.3, 0.4) is 0 Å². The number of carbonyl (C=O) groups excluding carboxylic acids is 1. The summed E-state index contributed by atoms with van der Waals surface area (Å²) >= 11 is 0. The average Bonchev–Trinajstić information content (AvgIpc) is 3.01. The van der Waals surface area contributed by atoms with Gasteiger partial charge in [0.15, 0.2) is 0 Å². The summed E-state index contributed by atoms with van der Waals surface area (Å²) in [5, 5.41) is 18.7. The fourth-order valence-electron chi connectivity index (χ4n) is 5.89. The van der Waals surface area contributed by atoms with Crippen molar-refractivity contribution in [1.82, 2.24) is 20.5 Å². The number of amides is 1. The van der Waals surface area contributed by atoms with Crippen LogP contribution in [0.15, 0.2) is 42.6 Å². The second-order valence-corrected chi connectivity index (χ2v) is 12.8. The van der Waals surface area contributed by atoms with E-state index in [4.69, 9.17) is 14.2 Å². The number of nitrogens with zero attached hydrogens (tertiary/aromatic N) is 3. The first-order valence-electron chi connectivity index (χ1n) is 16.0. The van der Waals surface area contributed by atoms with Gasteiger partial charge in [-0.15, -0.1) is 0 Å².